The highest BCUT2D eigenvalue weighted by atomic mass is 32.4. The summed E-state index contributed by atoms with van der Waals surface area (Å²) in [6.07, 6.45) is -0.0848. The van der Waals surface area contributed by atoms with Crippen LogP contribution in [0, 0.1) is 0 Å². The van der Waals surface area contributed by atoms with E-state index in [0.29, 0.717) is 0 Å². The van der Waals surface area contributed by atoms with E-state index in [1.54, 1.807) is 0 Å². The van der Waals surface area contributed by atoms with Crippen LogP contribution in [-0.4, -0.2) is 40.2 Å². The first-order chi connectivity index (χ1) is 11.6. The molecular weight excluding hydrogens is 375 g/mol. The quantitative estimate of drug-likeness (QED) is 0.392. The van der Waals surface area contributed by atoms with Crippen molar-refractivity contribution in [2.45, 2.75) is 45.1 Å². The first-order valence-electron chi connectivity index (χ1n) is 8.41. The molecule has 25 heavy (non-hydrogen) atoms. The maximum atomic E-state index is 11.4. The van der Waals surface area contributed by atoms with Crippen LogP contribution >= 0.6 is 18.1 Å². The molecule has 1 amide bonds. The van der Waals surface area contributed by atoms with Gasteiger partial charge >= 0.3 is 6.09 Å². The second-order valence-corrected chi connectivity index (χ2v) is 13.8. The summed E-state index contributed by atoms with van der Waals surface area (Å²) in [5, 5.41) is 11.5. The summed E-state index contributed by atoms with van der Waals surface area (Å²) in [4.78, 5) is 11.4. The Labute approximate surface area is 159 Å². The Bertz CT molecular complexity index is 688. The van der Waals surface area contributed by atoms with Crippen molar-refractivity contribution in [3.05, 3.63) is 29.3 Å². The number of hydrogen-bond acceptors (Lipinski definition) is 4. The summed E-state index contributed by atoms with van der Waals surface area (Å²) in [5.74, 6) is 0.799. The Morgan fingerprint density at radius 2 is 2.12 bits per heavy atom. The number of carbonyl (C=O) groups is 1. The fourth-order valence-corrected chi connectivity index (χ4v) is 6.99. The Hall–Kier alpha value is -0.750. The lowest BCUT2D eigenvalue weighted by Crippen LogP contribution is -2.28. The molecule has 1 aromatic rings. The summed E-state index contributed by atoms with van der Waals surface area (Å²) in [6.45, 7) is 8.30. The summed E-state index contributed by atoms with van der Waals surface area (Å²) < 4.78 is 8.23. The molecule has 0 bridgehead atoms. The fourth-order valence-electron chi connectivity index (χ4n) is 2.98. The number of hydrogen-bond donors (Lipinski definition) is 2. The van der Waals surface area contributed by atoms with Gasteiger partial charge in [0.05, 0.1) is 0 Å². The first-order valence-corrected chi connectivity index (χ1v) is 12.4. The summed E-state index contributed by atoms with van der Waals surface area (Å²) >= 11 is 7.31. The van der Waals surface area contributed by atoms with Crippen LogP contribution in [0.4, 0.5) is 4.79 Å². The lowest BCUT2D eigenvalue weighted by atomic mass is 10.0. The summed E-state index contributed by atoms with van der Waals surface area (Å²) in [5.41, 5.74) is 1.70. The minimum Gasteiger partial charge on any atom is -0.487 e. The molecule has 1 aliphatic rings. The molecule has 1 atom stereocenters. The third-order valence-electron chi connectivity index (χ3n) is 4.42. The van der Waals surface area contributed by atoms with E-state index in [0.717, 1.165) is 35.6 Å². The van der Waals surface area contributed by atoms with Gasteiger partial charge in [-0.1, -0.05) is 43.9 Å². The Kier molecular flexibility index (Phi) is 6.47. The zero-order valence-corrected chi connectivity index (χ0v) is 17.9. The molecule has 0 aromatic heterocycles. The van der Waals surface area contributed by atoms with E-state index in [2.05, 4.69) is 23.2 Å². The van der Waals surface area contributed by atoms with Gasteiger partial charge in [0, 0.05) is 25.2 Å². The van der Waals surface area contributed by atoms with E-state index < -0.39 is 17.7 Å². The van der Waals surface area contributed by atoms with E-state index in [1.807, 2.05) is 39.1 Å². The highest BCUT2D eigenvalue weighted by molar-refractivity contribution is 8.19. The largest absolute Gasteiger partial charge is 0.487 e. The van der Waals surface area contributed by atoms with Crippen LogP contribution in [0.2, 0.25) is 0 Å². The lowest BCUT2D eigenvalue weighted by Gasteiger charge is -2.32. The molecule has 5 nitrogen and oxygen atoms in total. The van der Waals surface area contributed by atoms with E-state index in [1.165, 1.54) is 11.9 Å². The number of fused-ring (bicyclic) bond motifs is 1. The number of ether oxygens (including phenoxy) is 1. The normalized spacial score (nSPS) is 17.0. The molecule has 140 valence electrons. The fraction of sp³-hybridized carbons (Fsp3) is 0.588. The number of carboxylic acid groups (broad SMARTS) is 1. The SMILES string of the molecule is CCP(=S)(CC)N(C)SC(NC(=O)O)c1cccc2c1OC(C)(C)C2. The smallest absolute Gasteiger partial charge is 0.405 e. The number of para-hydroxylation sites is 1. The van der Waals surface area contributed by atoms with Crippen molar-refractivity contribution in [1.29, 1.82) is 0 Å². The number of nitrogens with one attached hydrogen (secondary N) is 1. The van der Waals surface area contributed by atoms with Crippen LogP contribution < -0.4 is 10.1 Å². The van der Waals surface area contributed by atoms with Gasteiger partial charge in [-0.15, -0.1) is 0 Å². The molecule has 0 saturated heterocycles. The van der Waals surface area contributed by atoms with Gasteiger partial charge in [-0.25, -0.2) is 8.87 Å². The monoisotopic (exact) mass is 402 g/mol. The number of benzene rings is 1. The van der Waals surface area contributed by atoms with Crippen molar-refractivity contribution in [3.8, 4) is 5.75 Å². The molecular formula is C17H27N2O3PS2. The van der Waals surface area contributed by atoms with Crippen LogP contribution in [0.5, 0.6) is 5.75 Å². The number of rotatable bonds is 7. The van der Waals surface area contributed by atoms with Gasteiger partial charge in [0.2, 0.25) is 0 Å². The van der Waals surface area contributed by atoms with Gasteiger partial charge in [-0.2, -0.15) is 0 Å². The zero-order chi connectivity index (χ0) is 18.8. The lowest BCUT2D eigenvalue weighted by molar-refractivity contribution is 0.137. The number of amides is 1. The maximum absolute atomic E-state index is 11.4. The van der Waals surface area contributed by atoms with Gasteiger partial charge in [0.25, 0.3) is 0 Å². The molecule has 0 spiro atoms. The van der Waals surface area contributed by atoms with Crippen molar-refractivity contribution in [2.75, 3.05) is 19.4 Å². The third-order valence-corrected chi connectivity index (χ3v) is 12.1. The van der Waals surface area contributed by atoms with Crippen LogP contribution in [0.1, 0.15) is 44.2 Å². The molecule has 1 aliphatic heterocycles. The van der Waals surface area contributed by atoms with Crippen molar-refractivity contribution in [3.63, 3.8) is 0 Å². The van der Waals surface area contributed by atoms with Crippen molar-refractivity contribution >= 4 is 36.0 Å². The molecule has 2 rings (SSSR count). The van der Waals surface area contributed by atoms with Gasteiger partial charge in [0.1, 0.15) is 16.7 Å². The minimum absolute atomic E-state index is 0.273. The molecule has 8 heteroatoms. The standard InChI is InChI=1S/C17H27N2O3PS2/c1-6-23(24,7-2)19(5)25-15(18-16(20)21)13-10-8-9-12-11-17(3,4)22-14(12)13/h8-10,15,18H,6-7,11H2,1-5H3,(H,20,21). The van der Waals surface area contributed by atoms with E-state index in [4.69, 9.17) is 16.5 Å². The average Bonchev–Trinajstić information content (AvgIpc) is 2.86. The Morgan fingerprint density at radius 3 is 2.68 bits per heavy atom. The highest BCUT2D eigenvalue weighted by Gasteiger charge is 2.35. The average molecular weight is 403 g/mol. The summed E-state index contributed by atoms with van der Waals surface area (Å²) in [6, 6.07) is 5.94. The topological polar surface area (TPSA) is 61.8 Å². The molecule has 1 unspecified atom stereocenters. The molecule has 0 radical (unpaired) electrons. The van der Waals surface area contributed by atoms with Gasteiger partial charge < -0.3 is 15.2 Å². The molecule has 1 heterocycles. The van der Waals surface area contributed by atoms with E-state index in [9.17, 15) is 9.90 Å². The van der Waals surface area contributed by atoms with Gasteiger partial charge in [0.15, 0.2) is 0 Å². The Morgan fingerprint density at radius 1 is 1.48 bits per heavy atom. The second kappa shape index (κ2) is 7.87. The third kappa shape index (κ3) is 4.70. The maximum Gasteiger partial charge on any atom is 0.405 e. The minimum atomic E-state index is -1.68. The van der Waals surface area contributed by atoms with Crippen LogP contribution in [0.25, 0.3) is 0 Å². The first kappa shape index (κ1) is 20.6. The van der Waals surface area contributed by atoms with Gasteiger partial charge in [-0.3, -0.25) is 0 Å². The number of nitrogens with zero attached hydrogens (tertiary/aromatic N) is 1. The molecule has 2 N–H and O–H groups in total. The van der Waals surface area contributed by atoms with Crippen molar-refractivity contribution < 1.29 is 14.6 Å². The molecule has 0 aliphatic carbocycles. The van der Waals surface area contributed by atoms with Crippen molar-refractivity contribution in [1.82, 2.24) is 9.39 Å². The van der Waals surface area contributed by atoms with Crippen molar-refractivity contribution in [2.24, 2.45) is 0 Å². The van der Waals surface area contributed by atoms with E-state index in [-0.39, 0.29) is 5.60 Å². The highest BCUT2D eigenvalue weighted by Crippen LogP contribution is 2.55. The van der Waals surface area contributed by atoms with Crippen LogP contribution in [0.15, 0.2) is 18.2 Å². The summed E-state index contributed by atoms with van der Waals surface area (Å²) in [7, 11) is 1.98. The van der Waals surface area contributed by atoms with Crippen LogP contribution in [-0.2, 0) is 18.2 Å². The second-order valence-electron chi connectivity index (χ2n) is 6.75. The molecule has 1 aromatic carbocycles. The predicted molar refractivity (Wildman–Crippen MR) is 109 cm³/mol. The zero-order valence-electron chi connectivity index (χ0n) is 15.4. The molecule has 0 fully saturated rings. The molecule has 0 saturated carbocycles. The predicted octanol–water partition coefficient (Wildman–Crippen LogP) is 4.68. The van der Waals surface area contributed by atoms with Crippen LogP contribution in [0.3, 0.4) is 0 Å². The van der Waals surface area contributed by atoms with E-state index >= 15 is 0 Å². The Balaban J connectivity index is 2.36. The van der Waals surface area contributed by atoms with Gasteiger partial charge in [-0.05, 0) is 43.7 Å².